The van der Waals surface area contributed by atoms with Crippen LogP contribution in [0, 0.1) is 0 Å². The maximum Gasteiger partial charge on any atom is 0.255 e. The normalized spacial score (nSPS) is 10.3. The summed E-state index contributed by atoms with van der Waals surface area (Å²) in [5, 5.41) is 5.47. The number of amides is 2. The molecule has 0 aliphatic heterocycles. The van der Waals surface area contributed by atoms with E-state index in [-0.39, 0.29) is 17.9 Å². The average Bonchev–Trinajstić information content (AvgIpc) is 2.49. The molecular weight excluding hydrogens is 292 g/mol. The third-order valence-electron chi connectivity index (χ3n) is 2.95. The first-order valence-corrected chi connectivity index (χ1v) is 7.40. The SMILES string of the molecule is CC(=O)Nc1ccc(C(=O)Nc2ccc(OC(C)C)cc2)cc1. The average molecular weight is 312 g/mol. The van der Waals surface area contributed by atoms with E-state index < -0.39 is 0 Å². The van der Waals surface area contributed by atoms with Gasteiger partial charge in [-0.15, -0.1) is 0 Å². The van der Waals surface area contributed by atoms with E-state index in [9.17, 15) is 9.59 Å². The van der Waals surface area contributed by atoms with Gasteiger partial charge in [0.2, 0.25) is 5.91 Å². The van der Waals surface area contributed by atoms with Gasteiger partial charge in [-0.2, -0.15) is 0 Å². The van der Waals surface area contributed by atoms with Gasteiger partial charge in [0.15, 0.2) is 0 Å². The van der Waals surface area contributed by atoms with Crippen LogP contribution in [-0.4, -0.2) is 17.9 Å². The van der Waals surface area contributed by atoms with Crippen LogP contribution in [-0.2, 0) is 4.79 Å². The Bertz CT molecular complexity index is 676. The molecular formula is C18H20N2O3. The maximum atomic E-state index is 12.2. The zero-order valence-corrected chi connectivity index (χ0v) is 13.4. The zero-order valence-electron chi connectivity index (χ0n) is 13.4. The van der Waals surface area contributed by atoms with E-state index in [2.05, 4.69) is 10.6 Å². The van der Waals surface area contributed by atoms with Gasteiger partial charge in [0.1, 0.15) is 5.75 Å². The molecule has 5 nitrogen and oxygen atoms in total. The molecule has 0 aliphatic rings. The highest BCUT2D eigenvalue weighted by molar-refractivity contribution is 6.04. The highest BCUT2D eigenvalue weighted by Gasteiger charge is 2.07. The molecule has 23 heavy (non-hydrogen) atoms. The molecule has 0 aromatic heterocycles. The molecule has 2 amide bonds. The van der Waals surface area contributed by atoms with Gasteiger partial charge in [-0.25, -0.2) is 0 Å². The van der Waals surface area contributed by atoms with Gasteiger partial charge in [0.05, 0.1) is 6.10 Å². The fourth-order valence-corrected chi connectivity index (χ4v) is 2.00. The molecule has 0 saturated carbocycles. The summed E-state index contributed by atoms with van der Waals surface area (Å²) in [6.45, 7) is 5.36. The summed E-state index contributed by atoms with van der Waals surface area (Å²) in [6, 6.07) is 13.9. The molecule has 0 bridgehead atoms. The number of hydrogen-bond donors (Lipinski definition) is 2. The second-order valence-electron chi connectivity index (χ2n) is 5.40. The van der Waals surface area contributed by atoms with E-state index in [1.54, 1.807) is 36.4 Å². The van der Waals surface area contributed by atoms with Gasteiger partial charge in [-0.1, -0.05) is 0 Å². The maximum absolute atomic E-state index is 12.2. The van der Waals surface area contributed by atoms with Crippen molar-refractivity contribution in [1.29, 1.82) is 0 Å². The number of carbonyl (C=O) groups is 2. The summed E-state index contributed by atoms with van der Waals surface area (Å²) >= 11 is 0. The molecule has 0 radical (unpaired) electrons. The molecule has 2 N–H and O–H groups in total. The molecule has 0 saturated heterocycles. The largest absolute Gasteiger partial charge is 0.491 e. The predicted octanol–water partition coefficient (Wildman–Crippen LogP) is 3.68. The lowest BCUT2D eigenvalue weighted by atomic mass is 10.2. The molecule has 2 aromatic carbocycles. The highest BCUT2D eigenvalue weighted by Crippen LogP contribution is 2.18. The Kier molecular flexibility index (Phi) is 5.36. The van der Waals surface area contributed by atoms with Crippen LogP contribution >= 0.6 is 0 Å². The number of benzene rings is 2. The number of ether oxygens (including phenoxy) is 1. The Morgan fingerprint density at radius 2 is 1.39 bits per heavy atom. The minimum atomic E-state index is -0.211. The summed E-state index contributed by atoms with van der Waals surface area (Å²) in [7, 11) is 0. The van der Waals surface area contributed by atoms with Crippen LogP contribution in [0.1, 0.15) is 31.1 Å². The summed E-state index contributed by atoms with van der Waals surface area (Å²) in [4.78, 5) is 23.1. The Labute approximate surface area is 135 Å². The minimum Gasteiger partial charge on any atom is -0.491 e. The fourth-order valence-electron chi connectivity index (χ4n) is 2.00. The van der Waals surface area contributed by atoms with Crippen molar-refractivity contribution in [2.75, 3.05) is 10.6 Å². The van der Waals surface area contributed by atoms with Crippen molar-refractivity contribution in [2.45, 2.75) is 26.9 Å². The van der Waals surface area contributed by atoms with Crippen molar-refractivity contribution >= 4 is 23.2 Å². The molecule has 2 aromatic rings. The van der Waals surface area contributed by atoms with Crippen molar-refractivity contribution in [2.24, 2.45) is 0 Å². The first kappa shape index (κ1) is 16.5. The van der Waals surface area contributed by atoms with Gasteiger partial charge >= 0.3 is 0 Å². The van der Waals surface area contributed by atoms with Crippen molar-refractivity contribution in [1.82, 2.24) is 0 Å². The number of nitrogens with one attached hydrogen (secondary N) is 2. The Hall–Kier alpha value is -2.82. The Balaban J connectivity index is 1.99. The van der Waals surface area contributed by atoms with Gasteiger partial charge in [0.25, 0.3) is 5.91 Å². The zero-order chi connectivity index (χ0) is 16.8. The van der Waals surface area contributed by atoms with Crippen LogP contribution in [0.25, 0.3) is 0 Å². The predicted molar refractivity (Wildman–Crippen MR) is 90.9 cm³/mol. The highest BCUT2D eigenvalue weighted by atomic mass is 16.5. The van der Waals surface area contributed by atoms with Crippen LogP contribution in [0.2, 0.25) is 0 Å². The second-order valence-corrected chi connectivity index (χ2v) is 5.40. The summed E-state index contributed by atoms with van der Waals surface area (Å²) < 4.78 is 5.56. The van der Waals surface area contributed by atoms with Crippen LogP contribution in [0.15, 0.2) is 48.5 Å². The molecule has 0 aliphatic carbocycles. The number of rotatable bonds is 5. The summed E-state index contributed by atoms with van der Waals surface area (Å²) in [5.74, 6) is 0.403. The Morgan fingerprint density at radius 1 is 0.870 bits per heavy atom. The summed E-state index contributed by atoms with van der Waals surface area (Å²) in [5.41, 5.74) is 1.86. The first-order chi connectivity index (χ1) is 10.9. The van der Waals surface area contributed by atoms with E-state index >= 15 is 0 Å². The first-order valence-electron chi connectivity index (χ1n) is 7.40. The minimum absolute atomic E-state index is 0.109. The van der Waals surface area contributed by atoms with Crippen LogP contribution in [0.5, 0.6) is 5.75 Å². The third-order valence-corrected chi connectivity index (χ3v) is 2.95. The lowest BCUT2D eigenvalue weighted by Crippen LogP contribution is -2.12. The van der Waals surface area contributed by atoms with Gasteiger partial charge in [-0.05, 0) is 62.4 Å². The second kappa shape index (κ2) is 7.45. The molecule has 5 heteroatoms. The van der Waals surface area contributed by atoms with Crippen LogP contribution < -0.4 is 15.4 Å². The monoisotopic (exact) mass is 312 g/mol. The molecule has 0 spiro atoms. The standard InChI is InChI=1S/C18H20N2O3/c1-12(2)23-17-10-8-16(9-11-17)20-18(22)14-4-6-15(7-5-14)19-13(3)21/h4-12H,1-3H3,(H,19,21)(H,20,22). The third kappa shape index (κ3) is 5.14. The molecule has 0 atom stereocenters. The molecule has 120 valence electrons. The fraction of sp³-hybridized carbons (Fsp3) is 0.222. The summed E-state index contributed by atoms with van der Waals surface area (Å²) in [6.07, 6.45) is 0.109. The topological polar surface area (TPSA) is 67.4 Å². The van der Waals surface area contributed by atoms with Gasteiger partial charge in [-0.3, -0.25) is 9.59 Å². The van der Waals surface area contributed by atoms with Gasteiger partial charge in [0, 0.05) is 23.9 Å². The number of carbonyl (C=O) groups excluding carboxylic acids is 2. The van der Waals surface area contributed by atoms with Crippen molar-refractivity contribution < 1.29 is 14.3 Å². The lowest BCUT2D eigenvalue weighted by molar-refractivity contribution is -0.114. The quantitative estimate of drug-likeness (QED) is 0.885. The van der Waals surface area contributed by atoms with E-state index in [0.717, 1.165) is 5.75 Å². The van der Waals surface area contributed by atoms with Crippen LogP contribution in [0.4, 0.5) is 11.4 Å². The van der Waals surface area contributed by atoms with Crippen molar-refractivity contribution in [3.63, 3.8) is 0 Å². The van der Waals surface area contributed by atoms with Gasteiger partial charge < -0.3 is 15.4 Å². The number of anilines is 2. The van der Waals surface area contributed by atoms with E-state index in [4.69, 9.17) is 4.74 Å². The van der Waals surface area contributed by atoms with Crippen molar-refractivity contribution in [3.8, 4) is 5.75 Å². The van der Waals surface area contributed by atoms with Crippen molar-refractivity contribution in [3.05, 3.63) is 54.1 Å². The van der Waals surface area contributed by atoms with E-state index in [1.165, 1.54) is 6.92 Å². The molecule has 2 rings (SSSR count). The number of hydrogen-bond acceptors (Lipinski definition) is 3. The molecule has 0 heterocycles. The Morgan fingerprint density at radius 3 is 1.91 bits per heavy atom. The van der Waals surface area contributed by atoms with E-state index in [1.807, 2.05) is 26.0 Å². The lowest BCUT2D eigenvalue weighted by Gasteiger charge is -2.11. The van der Waals surface area contributed by atoms with E-state index in [0.29, 0.717) is 16.9 Å². The van der Waals surface area contributed by atoms with Crippen LogP contribution in [0.3, 0.4) is 0 Å². The molecule has 0 unspecified atom stereocenters. The molecule has 0 fully saturated rings. The smallest absolute Gasteiger partial charge is 0.255 e.